The van der Waals surface area contributed by atoms with Gasteiger partial charge in [-0.05, 0) is 37.1 Å². The summed E-state index contributed by atoms with van der Waals surface area (Å²) in [6, 6.07) is 5.41. The summed E-state index contributed by atoms with van der Waals surface area (Å²) in [5.74, 6) is -1.51. The number of benzene rings is 1. The van der Waals surface area contributed by atoms with Crippen LogP contribution in [0, 0.1) is 5.92 Å². The van der Waals surface area contributed by atoms with Gasteiger partial charge in [0.15, 0.2) is 0 Å². The van der Waals surface area contributed by atoms with E-state index in [9.17, 15) is 14.4 Å². The van der Waals surface area contributed by atoms with Crippen LogP contribution in [-0.2, 0) is 4.79 Å². The Morgan fingerprint density at radius 3 is 2.48 bits per heavy atom. The Morgan fingerprint density at radius 1 is 1.24 bits per heavy atom. The highest BCUT2D eigenvalue weighted by molar-refractivity contribution is 5.94. The number of nitrogens with two attached hydrogens (primary N) is 1. The van der Waals surface area contributed by atoms with Gasteiger partial charge in [-0.15, -0.1) is 0 Å². The number of nitrogens with one attached hydrogen (secondary N) is 1. The van der Waals surface area contributed by atoms with Gasteiger partial charge in [0, 0.05) is 18.8 Å². The Balaban J connectivity index is 1.97. The summed E-state index contributed by atoms with van der Waals surface area (Å²) >= 11 is 0. The lowest BCUT2D eigenvalue weighted by Crippen LogP contribution is -2.46. The van der Waals surface area contributed by atoms with Crippen molar-refractivity contribution in [2.75, 3.05) is 18.4 Å². The van der Waals surface area contributed by atoms with Crippen LogP contribution in [0.2, 0.25) is 0 Å². The van der Waals surface area contributed by atoms with E-state index in [2.05, 4.69) is 5.32 Å². The molecule has 4 N–H and O–H groups in total. The van der Waals surface area contributed by atoms with Crippen molar-refractivity contribution in [2.45, 2.75) is 12.8 Å². The van der Waals surface area contributed by atoms with Crippen LogP contribution in [0.25, 0.3) is 0 Å². The maximum absolute atomic E-state index is 12.1. The molecule has 1 aliphatic heterocycles. The first-order valence-electron chi connectivity index (χ1n) is 6.66. The fourth-order valence-electron chi connectivity index (χ4n) is 2.33. The van der Waals surface area contributed by atoms with Crippen molar-refractivity contribution in [1.29, 1.82) is 0 Å². The number of carboxylic acid groups (broad SMARTS) is 1. The lowest BCUT2D eigenvalue weighted by molar-refractivity contribution is -0.121. The fraction of sp³-hybridized carbons (Fsp3) is 0.357. The molecule has 0 spiro atoms. The van der Waals surface area contributed by atoms with Crippen LogP contribution >= 0.6 is 0 Å². The van der Waals surface area contributed by atoms with Gasteiger partial charge in [0.25, 0.3) is 0 Å². The monoisotopic (exact) mass is 291 g/mol. The zero-order chi connectivity index (χ0) is 15.4. The second-order valence-electron chi connectivity index (χ2n) is 5.00. The molecule has 112 valence electrons. The van der Waals surface area contributed by atoms with Gasteiger partial charge < -0.3 is 21.1 Å². The highest BCUT2D eigenvalue weighted by Crippen LogP contribution is 2.19. The van der Waals surface area contributed by atoms with Crippen LogP contribution in [0.15, 0.2) is 24.3 Å². The highest BCUT2D eigenvalue weighted by atomic mass is 16.4. The molecule has 0 bridgehead atoms. The van der Waals surface area contributed by atoms with Crippen molar-refractivity contribution >= 4 is 23.6 Å². The van der Waals surface area contributed by atoms with E-state index in [4.69, 9.17) is 10.8 Å². The molecule has 2 rings (SSSR count). The maximum atomic E-state index is 12.1. The van der Waals surface area contributed by atoms with Crippen LogP contribution in [0.1, 0.15) is 23.2 Å². The first-order chi connectivity index (χ1) is 9.97. The molecule has 1 fully saturated rings. The summed E-state index contributed by atoms with van der Waals surface area (Å²) in [5, 5.41) is 11.5. The average molecular weight is 291 g/mol. The van der Waals surface area contributed by atoms with E-state index in [0.717, 1.165) is 6.42 Å². The second-order valence-corrected chi connectivity index (χ2v) is 5.00. The Kier molecular flexibility index (Phi) is 4.42. The summed E-state index contributed by atoms with van der Waals surface area (Å²) in [6.07, 6.45) is 1.43. The number of carboxylic acids is 1. The third-order valence-electron chi connectivity index (χ3n) is 3.50. The fourth-order valence-corrected chi connectivity index (χ4v) is 2.33. The molecule has 7 nitrogen and oxygen atoms in total. The van der Waals surface area contributed by atoms with Crippen LogP contribution in [0.5, 0.6) is 0 Å². The molecule has 7 heteroatoms. The summed E-state index contributed by atoms with van der Waals surface area (Å²) in [7, 11) is 0. The molecule has 1 unspecified atom stereocenters. The maximum Gasteiger partial charge on any atom is 0.335 e. The molecule has 3 amide bonds. The standard InChI is InChI=1S/C14H17N3O4/c15-14(21)17-7-1-2-10(8-17)12(18)16-11-5-3-9(4-6-11)13(19)20/h3-6,10H,1-2,7-8H2,(H2,15,21)(H,16,18)(H,19,20). The van der Waals surface area contributed by atoms with E-state index in [-0.39, 0.29) is 17.4 Å². The molecular weight excluding hydrogens is 274 g/mol. The molecule has 1 aromatic carbocycles. The topological polar surface area (TPSA) is 113 Å². The number of anilines is 1. The molecule has 0 aromatic heterocycles. The zero-order valence-corrected chi connectivity index (χ0v) is 11.4. The summed E-state index contributed by atoms with van der Waals surface area (Å²) in [5.41, 5.74) is 5.91. The lowest BCUT2D eigenvalue weighted by atomic mass is 9.97. The van der Waals surface area contributed by atoms with Gasteiger partial charge >= 0.3 is 12.0 Å². The van der Waals surface area contributed by atoms with Gasteiger partial charge in [0.05, 0.1) is 11.5 Å². The molecule has 1 aliphatic rings. The van der Waals surface area contributed by atoms with E-state index in [0.29, 0.717) is 25.2 Å². The van der Waals surface area contributed by atoms with Crippen molar-refractivity contribution < 1.29 is 19.5 Å². The van der Waals surface area contributed by atoms with Crippen molar-refractivity contribution in [1.82, 2.24) is 4.90 Å². The molecule has 1 heterocycles. The van der Waals surface area contributed by atoms with E-state index in [1.54, 1.807) is 0 Å². The Morgan fingerprint density at radius 2 is 1.90 bits per heavy atom. The van der Waals surface area contributed by atoms with Gasteiger partial charge in [-0.25, -0.2) is 9.59 Å². The quantitative estimate of drug-likeness (QED) is 0.774. The van der Waals surface area contributed by atoms with Crippen LogP contribution in [-0.4, -0.2) is 41.0 Å². The molecule has 1 saturated heterocycles. The number of hydrogen-bond donors (Lipinski definition) is 3. The summed E-state index contributed by atoms with van der Waals surface area (Å²) < 4.78 is 0. The predicted octanol–water partition coefficient (Wildman–Crippen LogP) is 1.11. The number of nitrogens with zero attached hydrogens (tertiary/aromatic N) is 1. The zero-order valence-electron chi connectivity index (χ0n) is 11.4. The molecule has 1 atom stereocenters. The van der Waals surface area contributed by atoms with Crippen LogP contribution in [0.3, 0.4) is 0 Å². The van der Waals surface area contributed by atoms with Crippen LogP contribution in [0.4, 0.5) is 10.5 Å². The number of carbonyl (C=O) groups is 3. The van der Waals surface area contributed by atoms with Crippen molar-refractivity contribution in [3.8, 4) is 0 Å². The molecule has 21 heavy (non-hydrogen) atoms. The summed E-state index contributed by atoms with van der Waals surface area (Å²) in [4.78, 5) is 35.5. The first kappa shape index (κ1) is 14.8. The third-order valence-corrected chi connectivity index (χ3v) is 3.50. The number of hydrogen-bond acceptors (Lipinski definition) is 3. The molecule has 0 radical (unpaired) electrons. The van der Waals surface area contributed by atoms with Crippen molar-refractivity contribution in [2.24, 2.45) is 11.7 Å². The number of urea groups is 1. The van der Waals surface area contributed by atoms with Gasteiger partial charge in [-0.2, -0.15) is 0 Å². The summed E-state index contributed by atoms with van der Waals surface area (Å²) in [6.45, 7) is 0.890. The van der Waals surface area contributed by atoms with Crippen LogP contribution < -0.4 is 11.1 Å². The number of aromatic carboxylic acids is 1. The first-order valence-corrected chi connectivity index (χ1v) is 6.66. The second kappa shape index (κ2) is 6.25. The SMILES string of the molecule is NC(=O)N1CCCC(C(=O)Nc2ccc(C(=O)O)cc2)C1. The number of primary amides is 1. The normalized spacial score (nSPS) is 18.1. The Hall–Kier alpha value is -2.57. The van der Waals surface area contributed by atoms with E-state index in [1.807, 2.05) is 0 Å². The van der Waals surface area contributed by atoms with E-state index < -0.39 is 12.0 Å². The van der Waals surface area contributed by atoms with E-state index in [1.165, 1.54) is 29.2 Å². The number of likely N-dealkylation sites (tertiary alicyclic amines) is 1. The van der Waals surface area contributed by atoms with E-state index >= 15 is 0 Å². The Bertz CT molecular complexity index is 556. The largest absolute Gasteiger partial charge is 0.478 e. The van der Waals surface area contributed by atoms with Crippen molar-refractivity contribution in [3.05, 3.63) is 29.8 Å². The molecule has 0 aliphatic carbocycles. The highest BCUT2D eigenvalue weighted by Gasteiger charge is 2.27. The Labute approximate surface area is 121 Å². The van der Waals surface area contributed by atoms with Gasteiger partial charge in [-0.1, -0.05) is 0 Å². The minimum absolute atomic E-state index is 0.158. The van der Waals surface area contributed by atoms with Crippen molar-refractivity contribution in [3.63, 3.8) is 0 Å². The lowest BCUT2D eigenvalue weighted by Gasteiger charge is -2.30. The molecular formula is C14H17N3O4. The minimum Gasteiger partial charge on any atom is -0.478 e. The van der Waals surface area contributed by atoms with Gasteiger partial charge in [0.1, 0.15) is 0 Å². The molecule has 0 saturated carbocycles. The minimum atomic E-state index is -1.02. The number of amides is 3. The van der Waals surface area contributed by atoms with Gasteiger partial charge in [0.2, 0.25) is 5.91 Å². The number of piperidine rings is 1. The smallest absolute Gasteiger partial charge is 0.335 e. The number of rotatable bonds is 3. The average Bonchev–Trinajstić information content (AvgIpc) is 2.48. The third kappa shape index (κ3) is 3.71. The molecule has 1 aromatic rings. The van der Waals surface area contributed by atoms with Gasteiger partial charge in [-0.3, -0.25) is 4.79 Å². The number of carbonyl (C=O) groups excluding carboxylic acids is 2. The predicted molar refractivity (Wildman–Crippen MR) is 75.9 cm³/mol.